The van der Waals surface area contributed by atoms with Crippen LogP contribution in [0.1, 0.15) is 24.1 Å². The van der Waals surface area contributed by atoms with Crippen molar-refractivity contribution in [3.05, 3.63) is 48.0 Å². The molecule has 0 aliphatic rings. The molecule has 2 aromatic rings. The maximum atomic E-state index is 13.4. The van der Waals surface area contributed by atoms with Crippen LogP contribution in [0.4, 0.5) is 0 Å². The van der Waals surface area contributed by atoms with Crippen molar-refractivity contribution in [3.63, 3.8) is 0 Å². The molecule has 4 atom stereocenters. The number of hydrogen-bond acceptors (Lipinski definition) is 9. The summed E-state index contributed by atoms with van der Waals surface area (Å²) in [4.78, 5) is 68.4. The van der Waals surface area contributed by atoms with Gasteiger partial charge in [0.25, 0.3) is 0 Å². The van der Waals surface area contributed by atoms with E-state index in [0.717, 1.165) is 0 Å². The second-order valence-corrected chi connectivity index (χ2v) is 9.64. The van der Waals surface area contributed by atoms with Crippen LogP contribution in [-0.2, 0) is 36.8 Å². The lowest BCUT2D eigenvalue weighted by Gasteiger charge is -2.25. The molecule has 212 valence electrons. The third-order valence-electron chi connectivity index (χ3n) is 5.58. The lowest BCUT2D eigenvalue weighted by molar-refractivity contribution is -0.142. The molecular formula is C24H32N6O8S. The van der Waals surface area contributed by atoms with E-state index in [-0.39, 0.29) is 25.0 Å². The van der Waals surface area contributed by atoms with Crippen molar-refractivity contribution < 1.29 is 39.3 Å². The molecule has 15 heteroatoms. The number of H-pyrrole nitrogens is 1. The first-order chi connectivity index (χ1) is 18.5. The Hall–Kier alpha value is -4.11. The number of nitrogens with one attached hydrogen (secondary N) is 4. The third kappa shape index (κ3) is 10.6. The zero-order valence-electron chi connectivity index (χ0n) is 21.1. The van der Waals surface area contributed by atoms with Crippen molar-refractivity contribution in [2.45, 2.75) is 49.9 Å². The lowest BCUT2D eigenvalue weighted by Crippen LogP contribution is -2.58. The average Bonchev–Trinajstić information content (AvgIpc) is 3.39. The highest BCUT2D eigenvalue weighted by Gasteiger charge is 2.31. The predicted molar refractivity (Wildman–Crippen MR) is 141 cm³/mol. The van der Waals surface area contributed by atoms with Gasteiger partial charge in [0.15, 0.2) is 0 Å². The molecule has 4 unspecified atom stereocenters. The maximum Gasteiger partial charge on any atom is 0.326 e. The van der Waals surface area contributed by atoms with Gasteiger partial charge in [0.2, 0.25) is 17.7 Å². The number of nitrogens with zero attached hydrogens (tertiary/aromatic N) is 1. The van der Waals surface area contributed by atoms with Gasteiger partial charge < -0.3 is 42.0 Å². The molecule has 0 spiro atoms. The molecule has 9 N–H and O–H groups in total. The Kier molecular flexibility index (Phi) is 12.2. The van der Waals surface area contributed by atoms with Gasteiger partial charge in [0.05, 0.1) is 18.8 Å². The first-order valence-electron chi connectivity index (χ1n) is 11.9. The number of aromatic hydroxyl groups is 1. The van der Waals surface area contributed by atoms with Crippen LogP contribution < -0.4 is 21.7 Å². The summed E-state index contributed by atoms with van der Waals surface area (Å²) in [6, 6.07) is 0.664. The standard InChI is InChI=1S/C24H32N6O8S/c1-39-7-6-17(24(37)38)28-23(36)19(9-14-11-26-12-27-14)30-22(35)18(8-13-2-4-15(31)5-3-13)29-21(34)16(25)10-20(32)33/h2-5,11-12,16-19,31H,6-10,25H2,1H3,(H,26,27)(H,28,36)(H,29,34)(H,30,35)(H,32,33)(H,37,38). The van der Waals surface area contributed by atoms with Crippen molar-refractivity contribution in [2.75, 3.05) is 12.0 Å². The fourth-order valence-corrected chi connectivity index (χ4v) is 3.97. The smallest absolute Gasteiger partial charge is 0.326 e. The van der Waals surface area contributed by atoms with Gasteiger partial charge in [0, 0.05) is 24.7 Å². The summed E-state index contributed by atoms with van der Waals surface area (Å²) in [5.74, 6) is -4.52. The Morgan fingerprint density at radius 3 is 2.08 bits per heavy atom. The number of aromatic amines is 1. The number of phenolic OH excluding ortho intramolecular Hbond substituents is 1. The second kappa shape index (κ2) is 15.3. The molecule has 1 heterocycles. The number of carboxylic acids is 2. The van der Waals surface area contributed by atoms with Gasteiger partial charge in [-0.05, 0) is 36.1 Å². The van der Waals surface area contributed by atoms with Crippen LogP contribution in [0.25, 0.3) is 0 Å². The topological polar surface area (TPSA) is 237 Å². The summed E-state index contributed by atoms with van der Waals surface area (Å²) in [5.41, 5.74) is 6.67. The van der Waals surface area contributed by atoms with E-state index in [1.54, 1.807) is 6.26 Å². The van der Waals surface area contributed by atoms with Gasteiger partial charge in [-0.1, -0.05) is 12.1 Å². The minimum Gasteiger partial charge on any atom is -0.508 e. The molecule has 3 amide bonds. The van der Waals surface area contributed by atoms with E-state index in [2.05, 4.69) is 25.9 Å². The number of carboxylic acid groups (broad SMARTS) is 2. The molecule has 1 aromatic heterocycles. The number of phenols is 1. The summed E-state index contributed by atoms with van der Waals surface area (Å²) < 4.78 is 0. The van der Waals surface area contributed by atoms with Gasteiger partial charge in [0.1, 0.15) is 23.9 Å². The molecule has 0 radical (unpaired) electrons. The molecule has 0 saturated heterocycles. The van der Waals surface area contributed by atoms with Gasteiger partial charge in [-0.25, -0.2) is 9.78 Å². The van der Waals surface area contributed by atoms with E-state index < -0.39 is 60.2 Å². The molecule has 14 nitrogen and oxygen atoms in total. The van der Waals surface area contributed by atoms with E-state index in [1.807, 2.05) is 0 Å². The second-order valence-electron chi connectivity index (χ2n) is 8.66. The van der Waals surface area contributed by atoms with E-state index in [9.17, 15) is 34.2 Å². The van der Waals surface area contributed by atoms with Gasteiger partial charge in [-0.3, -0.25) is 19.2 Å². The molecule has 0 fully saturated rings. The van der Waals surface area contributed by atoms with Crippen LogP contribution in [-0.4, -0.2) is 91.1 Å². The highest BCUT2D eigenvalue weighted by molar-refractivity contribution is 7.98. The van der Waals surface area contributed by atoms with Crippen molar-refractivity contribution in [1.82, 2.24) is 25.9 Å². The minimum atomic E-state index is -1.44. The Morgan fingerprint density at radius 1 is 0.949 bits per heavy atom. The van der Waals surface area contributed by atoms with E-state index in [1.165, 1.54) is 48.6 Å². The zero-order chi connectivity index (χ0) is 28.9. The SMILES string of the molecule is CSCCC(NC(=O)C(Cc1cnc[nH]1)NC(=O)C(Cc1ccc(O)cc1)NC(=O)C(N)CC(=O)O)C(=O)O. The summed E-state index contributed by atoms with van der Waals surface area (Å²) >= 11 is 1.41. The van der Waals surface area contributed by atoms with Crippen LogP contribution in [0, 0.1) is 0 Å². The van der Waals surface area contributed by atoms with Gasteiger partial charge >= 0.3 is 11.9 Å². The number of benzene rings is 1. The molecule has 0 aliphatic carbocycles. The number of aliphatic carboxylic acids is 2. The fourth-order valence-electron chi connectivity index (χ4n) is 3.50. The highest BCUT2D eigenvalue weighted by atomic mass is 32.2. The van der Waals surface area contributed by atoms with Gasteiger partial charge in [-0.15, -0.1) is 0 Å². The first-order valence-corrected chi connectivity index (χ1v) is 13.2. The largest absolute Gasteiger partial charge is 0.508 e. The number of thioether (sulfide) groups is 1. The van der Waals surface area contributed by atoms with Crippen molar-refractivity contribution in [2.24, 2.45) is 5.73 Å². The van der Waals surface area contributed by atoms with Crippen molar-refractivity contribution in [3.8, 4) is 5.75 Å². The predicted octanol–water partition coefficient (Wildman–Crippen LogP) is -1.01. The average molecular weight is 565 g/mol. The molecule has 1 aromatic carbocycles. The molecular weight excluding hydrogens is 532 g/mol. The van der Waals surface area contributed by atoms with Crippen LogP contribution in [0.2, 0.25) is 0 Å². The molecule has 0 saturated carbocycles. The molecule has 0 bridgehead atoms. The monoisotopic (exact) mass is 564 g/mol. The zero-order valence-corrected chi connectivity index (χ0v) is 21.9. The minimum absolute atomic E-state index is 0.0157. The van der Waals surface area contributed by atoms with Crippen LogP contribution in [0.5, 0.6) is 5.75 Å². The van der Waals surface area contributed by atoms with Gasteiger partial charge in [-0.2, -0.15) is 11.8 Å². The third-order valence-corrected chi connectivity index (χ3v) is 6.22. The van der Waals surface area contributed by atoms with E-state index in [0.29, 0.717) is 17.0 Å². The number of imidazole rings is 1. The van der Waals surface area contributed by atoms with Crippen LogP contribution in [0.3, 0.4) is 0 Å². The number of carbonyl (C=O) groups is 5. The molecule has 39 heavy (non-hydrogen) atoms. The summed E-state index contributed by atoms with van der Waals surface area (Å²) in [5, 5.41) is 35.4. The molecule has 0 aliphatic heterocycles. The Balaban J connectivity index is 2.28. The summed E-state index contributed by atoms with van der Waals surface area (Å²) in [6.07, 6.45) is 3.96. The Bertz CT molecular complexity index is 1130. The normalized spacial score (nSPS) is 13.9. The number of hydrogen-bond donors (Lipinski definition) is 8. The van der Waals surface area contributed by atoms with E-state index >= 15 is 0 Å². The Morgan fingerprint density at radius 2 is 1.54 bits per heavy atom. The lowest BCUT2D eigenvalue weighted by atomic mass is 10.0. The number of rotatable bonds is 16. The molecule has 2 rings (SSSR count). The summed E-state index contributed by atoms with van der Waals surface area (Å²) in [6.45, 7) is 0. The highest BCUT2D eigenvalue weighted by Crippen LogP contribution is 2.12. The summed E-state index contributed by atoms with van der Waals surface area (Å²) in [7, 11) is 0. The quantitative estimate of drug-likeness (QED) is 0.123. The van der Waals surface area contributed by atoms with Crippen molar-refractivity contribution >= 4 is 41.4 Å². The Labute approximate surface area is 228 Å². The fraction of sp³-hybridized carbons (Fsp3) is 0.417. The maximum absolute atomic E-state index is 13.4. The number of aromatic nitrogens is 2. The first kappa shape index (κ1) is 31.1. The number of nitrogens with two attached hydrogens (primary N) is 1. The number of amides is 3. The van der Waals surface area contributed by atoms with Crippen LogP contribution in [0.15, 0.2) is 36.8 Å². The van der Waals surface area contributed by atoms with Crippen molar-refractivity contribution in [1.29, 1.82) is 0 Å². The number of carbonyl (C=O) groups excluding carboxylic acids is 3. The van der Waals surface area contributed by atoms with E-state index in [4.69, 9.17) is 10.8 Å². The van der Waals surface area contributed by atoms with Crippen LogP contribution >= 0.6 is 11.8 Å².